The fraction of sp³-hybridized carbons (Fsp3) is 0.381. The molecule has 3 rings (SSSR count). The van der Waals surface area contributed by atoms with E-state index in [-0.39, 0.29) is 17.9 Å². The van der Waals surface area contributed by atoms with Crippen molar-refractivity contribution < 1.29 is 13.2 Å². The predicted molar refractivity (Wildman–Crippen MR) is 107 cm³/mol. The Morgan fingerprint density at radius 3 is 2.00 bits per heavy atom. The third-order valence-corrected chi connectivity index (χ3v) is 6.16. The van der Waals surface area contributed by atoms with Crippen LogP contribution in [0.1, 0.15) is 36.3 Å². The van der Waals surface area contributed by atoms with Crippen molar-refractivity contribution in [2.24, 2.45) is 0 Å². The second-order valence-corrected chi connectivity index (χ2v) is 8.97. The molecular weight excluding hydrogens is 360 g/mol. The summed E-state index contributed by atoms with van der Waals surface area (Å²) in [6.07, 6.45) is 3.38. The Morgan fingerprint density at radius 2 is 1.56 bits per heavy atom. The Bertz CT molecular complexity index is 810. The molecule has 0 saturated heterocycles. The largest absolute Gasteiger partial charge is 0.355 e. The number of carbonyl (C=O) groups excluding carboxylic acids is 1. The van der Waals surface area contributed by atoms with Gasteiger partial charge < -0.3 is 5.32 Å². The predicted octanol–water partition coefficient (Wildman–Crippen LogP) is 2.75. The first-order valence-electron chi connectivity index (χ1n) is 9.28. The van der Waals surface area contributed by atoms with Gasteiger partial charge in [-0.25, -0.2) is 8.42 Å². The van der Waals surface area contributed by atoms with Gasteiger partial charge in [0.15, 0.2) is 0 Å². The minimum atomic E-state index is -3.23. The van der Waals surface area contributed by atoms with Crippen molar-refractivity contribution >= 4 is 15.9 Å². The average molecular weight is 387 g/mol. The van der Waals surface area contributed by atoms with Crippen molar-refractivity contribution in [3.8, 4) is 0 Å². The Kier molecular flexibility index (Phi) is 6.29. The van der Waals surface area contributed by atoms with E-state index in [9.17, 15) is 13.2 Å². The quantitative estimate of drug-likeness (QED) is 0.721. The Morgan fingerprint density at radius 1 is 1.04 bits per heavy atom. The highest BCUT2D eigenvalue weighted by molar-refractivity contribution is 7.88. The summed E-state index contributed by atoms with van der Waals surface area (Å²) in [4.78, 5) is 12.5. The van der Waals surface area contributed by atoms with E-state index in [0.29, 0.717) is 19.5 Å². The van der Waals surface area contributed by atoms with Crippen LogP contribution in [0.15, 0.2) is 60.7 Å². The molecule has 0 aliphatic heterocycles. The minimum Gasteiger partial charge on any atom is -0.355 e. The summed E-state index contributed by atoms with van der Waals surface area (Å²) in [6.45, 7) is 0.662. The molecule has 1 N–H and O–H groups in total. The fourth-order valence-corrected chi connectivity index (χ4v) is 4.52. The van der Waals surface area contributed by atoms with Crippen molar-refractivity contribution in [2.45, 2.75) is 31.2 Å². The SMILES string of the molecule is CS(=O)(=O)N(CCNC(=O)CC(c1ccccc1)c1ccccc1)C1CC1. The van der Waals surface area contributed by atoms with Crippen molar-refractivity contribution in [1.29, 1.82) is 0 Å². The average Bonchev–Trinajstić information content (AvgIpc) is 3.48. The van der Waals surface area contributed by atoms with Crippen molar-refractivity contribution in [2.75, 3.05) is 19.3 Å². The highest BCUT2D eigenvalue weighted by atomic mass is 32.2. The molecule has 0 radical (unpaired) electrons. The highest BCUT2D eigenvalue weighted by Crippen LogP contribution is 2.29. The van der Waals surface area contributed by atoms with Crippen LogP contribution >= 0.6 is 0 Å². The molecule has 6 heteroatoms. The molecule has 27 heavy (non-hydrogen) atoms. The summed E-state index contributed by atoms with van der Waals surface area (Å²) in [5, 5.41) is 2.89. The van der Waals surface area contributed by atoms with E-state index in [0.717, 1.165) is 24.0 Å². The molecule has 0 heterocycles. The van der Waals surface area contributed by atoms with E-state index < -0.39 is 10.0 Å². The van der Waals surface area contributed by atoms with E-state index in [1.807, 2.05) is 60.7 Å². The maximum atomic E-state index is 12.5. The molecule has 1 aliphatic rings. The van der Waals surface area contributed by atoms with Crippen molar-refractivity contribution in [3.63, 3.8) is 0 Å². The Balaban J connectivity index is 1.61. The molecule has 0 bridgehead atoms. The monoisotopic (exact) mass is 386 g/mol. The third kappa shape index (κ3) is 5.65. The van der Waals surface area contributed by atoms with Crippen LogP contribution < -0.4 is 5.32 Å². The highest BCUT2D eigenvalue weighted by Gasteiger charge is 2.34. The van der Waals surface area contributed by atoms with E-state index >= 15 is 0 Å². The number of benzene rings is 2. The van der Waals surface area contributed by atoms with Gasteiger partial charge in [0, 0.05) is 31.5 Å². The van der Waals surface area contributed by atoms with Crippen LogP contribution in [-0.2, 0) is 14.8 Å². The number of rotatable bonds is 9. The lowest BCUT2D eigenvalue weighted by atomic mass is 9.88. The zero-order chi connectivity index (χ0) is 19.3. The van der Waals surface area contributed by atoms with Gasteiger partial charge in [-0.15, -0.1) is 0 Å². The molecule has 2 aromatic carbocycles. The van der Waals surface area contributed by atoms with Crippen LogP contribution in [-0.4, -0.2) is 44.0 Å². The van der Waals surface area contributed by atoms with Gasteiger partial charge in [-0.2, -0.15) is 4.31 Å². The molecule has 1 amide bonds. The van der Waals surface area contributed by atoms with Crippen molar-refractivity contribution in [1.82, 2.24) is 9.62 Å². The standard InChI is InChI=1S/C21H26N2O3S/c1-27(25,26)23(19-12-13-19)15-14-22-21(24)16-20(17-8-4-2-5-9-17)18-10-6-3-7-11-18/h2-11,19-20H,12-16H2,1H3,(H,22,24). The number of hydrogen-bond donors (Lipinski definition) is 1. The molecule has 5 nitrogen and oxygen atoms in total. The van der Waals surface area contributed by atoms with Gasteiger partial charge in [0.1, 0.15) is 0 Å². The summed E-state index contributed by atoms with van der Waals surface area (Å²) >= 11 is 0. The molecule has 0 atom stereocenters. The van der Waals surface area contributed by atoms with Gasteiger partial charge >= 0.3 is 0 Å². The lowest BCUT2D eigenvalue weighted by Crippen LogP contribution is -2.39. The van der Waals surface area contributed by atoms with E-state index in [4.69, 9.17) is 0 Å². The lowest BCUT2D eigenvalue weighted by Gasteiger charge is -2.21. The summed E-state index contributed by atoms with van der Waals surface area (Å²) in [7, 11) is -3.23. The van der Waals surface area contributed by atoms with Crippen LogP contribution in [0, 0.1) is 0 Å². The molecule has 144 valence electrons. The molecule has 1 aliphatic carbocycles. The van der Waals surface area contributed by atoms with Crippen LogP contribution in [0.3, 0.4) is 0 Å². The normalized spacial score (nSPS) is 14.5. The second kappa shape index (κ2) is 8.67. The van der Waals surface area contributed by atoms with E-state index in [1.165, 1.54) is 10.6 Å². The first kappa shape index (κ1) is 19.6. The van der Waals surface area contributed by atoms with Crippen LogP contribution in [0.5, 0.6) is 0 Å². The summed E-state index contributed by atoms with van der Waals surface area (Å²) in [5.41, 5.74) is 2.18. The first-order chi connectivity index (χ1) is 12.9. The number of hydrogen-bond acceptors (Lipinski definition) is 3. The summed E-state index contributed by atoms with van der Waals surface area (Å²) in [5.74, 6) is -0.0983. The number of sulfonamides is 1. The van der Waals surface area contributed by atoms with Gasteiger partial charge in [0.05, 0.1) is 6.26 Å². The molecule has 0 aromatic heterocycles. The van der Waals surface area contributed by atoms with E-state index in [2.05, 4.69) is 5.32 Å². The fourth-order valence-electron chi connectivity index (χ4n) is 3.34. The smallest absolute Gasteiger partial charge is 0.220 e. The lowest BCUT2D eigenvalue weighted by molar-refractivity contribution is -0.121. The van der Waals surface area contributed by atoms with E-state index in [1.54, 1.807) is 0 Å². The van der Waals surface area contributed by atoms with Crippen molar-refractivity contribution in [3.05, 3.63) is 71.8 Å². The first-order valence-corrected chi connectivity index (χ1v) is 11.1. The Hall–Kier alpha value is -2.18. The number of nitrogens with one attached hydrogen (secondary N) is 1. The maximum Gasteiger partial charge on any atom is 0.220 e. The second-order valence-electron chi connectivity index (χ2n) is 7.03. The molecule has 0 spiro atoms. The number of amides is 1. The third-order valence-electron chi connectivity index (χ3n) is 4.83. The van der Waals surface area contributed by atoms with Gasteiger partial charge in [-0.1, -0.05) is 60.7 Å². The maximum absolute atomic E-state index is 12.5. The van der Waals surface area contributed by atoms with Crippen LogP contribution in [0.4, 0.5) is 0 Å². The van der Waals surface area contributed by atoms with Gasteiger partial charge in [0.2, 0.25) is 15.9 Å². The topological polar surface area (TPSA) is 66.5 Å². The van der Waals surface area contributed by atoms with Gasteiger partial charge in [-0.05, 0) is 24.0 Å². The van der Waals surface area contributed by atoms with Gasteiger partial charge in [0.25, 0.3) is 0 Å². The number of carbonyl (C=O) groups is 1. The zero-order valence-electron chi connectivity index (χ0n) is 15.5. The molecule has 1 saturated carbocycles. The van der Waals surface area contributed by atoms with Crippen LogP contribution in [0.25, 0.3) is 0 Å². The van der Waals surface area contributed by atoms with Crippen LogP contribution in [0.2, 0.25) is 0 Å². The number of nitrogens with zero attached hydrogens (tertiary/aromatic N) is 1. The minimum absolute atomic E-state index is 0.0261. The molecular formula is C21H26N2O3S. The molecule has 1 fully saturated rings. The van der Waals surface area contributed by atoms with Gasteiger partial charge in [-0.3, -0.25) is 4.79 Å². The Labute approximate surface area is 161 Å². The summed E-state index contributed by atoms with van der Waals surface area (Å²) < 4.78 is 25.2. The molecule has 2 aromatic rings. The zero-order valence-corrected chi connectivity index (χ0v) is 16.4. The molecule has 0 unspecified atom stereocenters. The summed E-state index contributed by atoms with van der Waals surface area (Å²) in [6, 6.07) is 20.1.